The van der Waals surface area contributed by atoms with E-state index < -0.39 is 11.9 Å². The summed E-state index contributed by atoms with van der Waals surface area (Å²) in [5, 5.41) is 11.7. The number of carbonyl (C=O) groups excluding carboxylic acids is 1. The van der Waals surface area contributed by atoms with Gasteiger partial charge in [-0.15, -0.1) is 0 Å². The van der Waals surface area contributed by atoms with Gasteiger partial charge in [-0.25, -0.2) is 4.79 Å². The van der Waals surface area contributed by atoms with Crippen LogP contribution in [0.4, 0.5) is 5.69 Å². The number of aromatic nitrogens is 1. The highest BCUT2D eigenvalue weighted by molar-refractivity contribution is 6.09. The van der Waals surface area contributed by atoms with E-state index in [-0.39, 0.29) is 11.3 Å². The first kappa shape index (κ1) is 16.5. The van der Waals surface area contributed by atoms with Crippen molar-refractivity contribution in [3.8, 4) is 5.75 Å². The van der Waals surface area contributed by atoms with Crippen molar-refractivity contribution in [2.24, 2.45) is 0 Å². The van der Waals surface area contributed by atoms with Crippen molar-refractivity contribution in [3.63, 3.8) is 0 Å². The lowest BCUT2D eigenvalue weighted by molar-refractivity contribution is 0.0691. The van der Waals surface area contributed by atoms with Crippen LogP contribution in [-0.4, -0.2) is 28.6 Å². The number of anilines is 1. The van der Waals surface area contributed by atoms with E-state index >= 15 is 0 Å². The molecule has 2 aromatic rings. The summed E-state index contributed by atoms with van der Waals surface area (Å²) < 4.78 is 5.54. The fourth-order valence-electron chi connectivity index (χ4n) is 1.92. The molecular formula is C17H18N2O4. The van der Waals surface area contributed by atoms with Crippen molar-refractivity contribution in [2.75, 3.05) is 11.9 Å². The second-order valence-electron chi connectivity index (χ2n) is 4.89. The van der Waals surface area contributed by atoms with Gasteiger partial charge in [-0.3, -0.25) is 9.78 Å². The van der Waals surface area contributed by atoms with E-state index in [1.807, 2.05) is 0 Å². The fourth-order valence-corrected chi connectivity index (χ4v) is 1.92. The van der Waals surface area contributed by atoms with E-state index in [2.05, 4.69) is 17.2 Å². The number of nitrogens with zero attached hydrogens (tertiary/aromatic N) is 1. The predicted molar refractivity (Wildman–Crippen MR) is 86.0 cm³/mol. The number of carboxylic acid groups (broad SMARTS) is 1. The number of carbonyl (C=O) groups is 2. The van der Waals surface area contributed by atoms with Gasteiger partial charge < -0.3 is 15.2 Å². The Morgan fingerprint density at radius 3 is 2.61 bits per heavy atom. The largest absolute Gasteiger partial charge is 0.494 e. The van der Waals surface area contributed by atoms with Crippen LogP contribution in [0.25, 0.3) is 0 Å². The number of hydrogen-bond donors (Lipinski definition) is 2. The molecule has 0 unspecified atom stereocenters. The zero-order valence-electron chi connectivity index (χ0n) is 12.8. The average molecular weight is 314 g/mol. The highest BCUT2D eigenvalue weighted by Gasteiger charge is 2.17. The van der Waals surface area contributed by atoms with Gasteiger partial charge in [0.05, 0.1) is 12.2 Å². The lowest BCUT2D eigenvalue weighted by Crippen LogP contribution is -2.18. The van der Waals surface area contributed by atoms with Crippen LogP contribution in [0.15, 0.2) is 42.6 Å². The molecule has 23 heavy (non-hydrogen) atoms. The molecule has 1 aromatic heterocycles. The molecule has 1 heterocycles. The zero-order valence-corrected chi connectivity index (χ0v) is 12.8. The van der Waals surface area contributed by atoms with E-state index in [4.69, 9.17) is 9.84 Å². The molecule has 0 saturated heterocycles. The van der Waals surface area contributed by atoms with Crippen molar-refractivity contribution in [2.45, 2.75) is 19.8 Å². The number of pyridine rings is 1. The smallest absolute Gasteiger partial charge is 0.338 e. The third-order valence-corrected chi connectivity index (χ3v) is 3.13. The summed E-state index contributed by atoms with van der Waals surface area (Å²) in [4.78, 5) is 27.1. The highest BCUT2D eigenvalue weighted by Crippen LogP contribution is 2.17. The van der Waals surface area contributed by atoms with Crippen LogP contribution in [0.3, 0.4) is 0 Å². The van der Waals surface area contributed by atoms with E-state index in [1.165, 1.54) is 18.3 Å². The van der Waals surface area contributed by atoms with Crippen molar-refractivity contribution in [3.05, 3.63) is 53.9 Å². The number of benzene rings is 1. The molecular weight excluding hydrogens is 296 g/mol. The second-order valence-corrected chi connectivity index (χ2v) is 4.89. The Labute approximate surface area is 134 Å². The van der Waals surface area contributed by atoms with Crippen molar-refractivity contribution in [1.82, 2.24) is 4.98 Å². The molecule has 2 rings (SSSR count). The van der Waals surface area contributed by atoms with Gasteiger partial charge in [0.2, 0.25) is 0 Å². The molecule has 2 N–H and O–H groups in total. The van der Waals surface area contributed by atoms with Gasteiger partial charge in [-0.1, -0.05) is 13.3 Å². The van der Waals surface area contributed by atoms with Crippen molar-refractivity contribution >= 4 is 17.6 Å². The Morgan fingerprint density at radius 1 is 1.22 bits per heavy atom. The number of amides is 1. The van der Waals surface area contributed by atoms with E-state index in [0.717, 1.165) is 18.6 Å². The number of aromatic carboxylic acids is 1. The van der Waals surface area contributed by atoms with Crippen LogP contribution >= 0.6 is 0 Å². The van der Waals surface area contributed by atoms with Crippen LogP contribution in [0.2, 0.25) is 0 Å². The Hall–Kier alpha value is -2.89. The summed E-state index contributed by atoms with van der Waals surface area (Å²) in [6.07, 6.45) is 3.42. The molecule has 6 nitrogen and oxygen atoms in total. The third kappa shape index (κ3) is 4.54. The second kappa shape index (κ2) is 7.93. The van der Waals surface area contributed by atoms with Gasteiger partial charge in [0.25, 0.3) is 5.91 Å². The quantitative estimate of drug-likeness (QED) is 0.766. The molecule has 6 heteroatoms. The molecule has 0 aliphatic rings. The van der Waals surface area contributed by atoms with Crippen LogP contribution in [-0.2, 0) is 0 Å². The number of carboxylic acids is 1. The van der Waals surface area contributed by atoms with Crippen molar-refractivity contribution in [1.29, 1.82) is 0 Å². The average Bonchev–Trinajstić information content (AvgIpc) is 2.56. The molecule has 0 aliphatic heterocycles. The van der Waals surface area contributed by atoms with Crippen LogP contribution in [0, 0.1) is 0 Å². The number of nitrogens with one attached hydrogen (secondary N) is 1. The molecule has 120 valence electrons. The minimum Gasteiger partial charge on any atom is -0.494 e. The molecule has 0 atom stereocenters. The normalized spacial score (nSPS) is 10.1. The maximum Gasteiger partial charge on any atom is 0.338 e. The first-order valence-corrected chi connectivity index (χ1v) is 7.34. The van der Waals surface area contributed by atoms with Crippen molar-refractivity contribution < 1.29 is 19.4 Å². The Balaban J connectivity index is 2.05. The summed E-state index contributed by atoms with van der Waals surface area (Å²) >= 11 is 0. The summed E-state index contributed by atoms with van der Waals surface area (Å²) in [6, 6.07) is 9.71. The fraction of sp³-hybridized carbons (Fsp3) is 0.235. The van der Waals surface area contributed by atoms with E-state index in [1.54, 1.807) is 24.3 Å². The Kier molecular flexibility index (Phi) is 5.68. The molecule has 0 fully saturated rings. The highest BCUT2D eigenvalue weighted by atomic mass is 16.5. The molecule has 0 saturated carbocycles. The van der Waals surface area contributed by atoms with Gasteiger partial charge in [0, 0.05) is 11.9 Å². The first-order chi connectivity index (χ1) is 11.1. The van der Waals surface area contributed by atoms with Gasteiger partial charge in [-0.05, 0) is 42.8 Å². The number of ether oxygens (including phenoxy) is 1. The van der Waals surface area contributed by atoms with Gasteiger partial charge in [0.15, 0.2) is 0 Å². The maximum absolute atomic E-state index is 12.2. The Bertz CT molecular complexity index is 683. The minimum absolute atomic E-state index is 0.122. The molecule has 1 aromatic carbocycles. The van der Waals surface area contributed by atoms with E-state index in [9.17, 15) is 9.59 Å². The lowest BCUT2D eigenvalue weighted by atomic mass is 10.2. The molecule has 0 bridgehead atoms. The molecule has 0 aliphatic carbocycles. The maximum atomic E-state index is 12.2. The van der Waals surface area contributed by atoms with Gasteiger partial charge in [0.1, 0.15) is 11.4 Å². The monoisotopic (exact) mass is 314 g/mol. The molecule has 1 amide bonds. The summed E-state index contributed by atoms with van der Waals surface area (Å²) in [7, 11) is 0. The van der Waals surface area contributed by atoms with Gasteiger partial charge in [-0.2, -0.15) is 0 Å². The molecule has 0 radical (unpaired) electrons. The standard InChI is InChI=1S/C17H18N2O4/c1-2-3-11-23-13-8-6-12(7-9-13)19-16(20)15-14(17(21)22)5-4-10-18-15/h4-10H,2-3,11H2,1H3,(H,19,20)(H,21,22). The summed E-state index contributed by atoms with van der Waals surface area (Å²) in [6.45, 7) is 2.74. The first-order valence-electron chi connectivity index (χ1n) is 7.34. The van der Waals surface area contributed by atoms with E-state index in [0.29, 0.717) is 12.3 Å². The van der Waals surface area contributed by atoms with Gasteiger partial charge >= 0.3 is 5.97 Å². The lowest BCUT2D eigenvalue weighted by Gasteiger charge is -2.08. The predicted octanol–water partition coefficient (Wildman–Crippen LogP) is 3.21. The zero-order chi connectivity index (χ0) is 16.7. The number of unbranched alkanes of at least 4 members (excludes halogenated alkanes) is 1. The SMILES string of the molecule is CCCCOc1ccc(NC(=O)c2ncccc2C(=O)O)cc1. The minimum atomic E-state index is -1.19. The molecule has 0 spiro atoms. The summed E-state index contributed by atoms with van der Waals surface area (Å²) in [5.41, 5.74) is 0.285. The van der Waals surface area contributed by atoms with Crippen LogP contribution in [0.1, 0.15) is 40.6 Å². The van der Waals surface area contributed by atoms with Crippen LogP contribution < -0.4 is 10.1 Å². The topological polar surface area (TPSA) is 88.5 Å². The number of hydrogen-bond acceptors (Lipinski definition) is 4. The van der Waals surface area contributed by atoms with Crippen LogP contribution in [0.5, 0.6) is 5.75 Å². The number of rotatable bonds is 7. The summed E-state index contributed by atoms with van der Waals surface area (Å²) in [5.74, 6) is -1.04. The third-order valence-electron chi connectivity index (χ3n) is 3.13. The Morgan fingerprint density at radius 2 is 1.96 bits per heavy atom.